The first kappa shape index (κ1) is 14.5. The summed E-state index contributed by atoms with van der Waals surface area (Å²) in [4.78, 5) is 8.40. The van der Waals surface area contributed by atoms with Crippen LogP contribution < -0.4 is 5.32 Å². The van der Waals surface area contributed by atoms with E-state index in [9.17, 15) is 5.11 Å². The maximum atomic E-state index is 9.49. The summed E-state index contributed by atoms with van der Waals surface area (Å²) in [5.41, 5.74) is -0.340. The molecule has 0 spiro atoms. The molecule has 0 bridgehead atoms. The molecular formula is C11H18ClN3OS. The van der Waals surface area contributed by atoms with Gasteiger partial charge < -0.3 is 10.4 Å². The van der Waals surface area contributed by atoms with Crippen LogP contribution in [0.3, 0.4) is 0 Å². The summed E-state index contributed by atoms with van der Waals surface area (Å²) in [5, 5.41) is 13.8. The van der Waals surface area contributed by atoms with Gasteiger partial charge in [0.2, 0.25) is 0 Å². The number of hydrogen-bond acceptors (Lipinski definition) is 5. The van der Waals surface area contributed by atoms with E-state index in [0.29, 0.717) is 16.1 Å². The first-order valence-corrected chi connectivity index (χ1v) is 7.17. The fourth-order valence-corrected chi connectivity index (χ4v) is 2.13. The van der Waals surface area contributed by atoms with E-state index in [0.717, 1.165) is 12.8 Å². The topological polar surface area (TPSA) is 58.0 Å². The van der Waals surface area contributed by atoms with Crippen LogP contribution in [-0.4, -0.2) is 33.5 Å². The Labute approximate surface area is 111 Å². The number of nitrogens with zero attached hydrogens (tertiary/aromatic N) is 2. The number of thioether (sulfide) groups is 1. The van der Waals surface area contributed by atoms with Gasteiger partial charge in [0.05, 0.1) is 12.1 Å². The molecule has 4 nitrogen and oxygen atoms in total. The zero-order valence-corrected chi connectivity index (χ0v) is 11.9. The number of halogens is 1. The van der Waals surface area contributed by atoms with Crippen LogP contribution in [-0.2, 0) is 0 Å². The summed E-state index contributed by atoms with van der Waals surface area (Å²) in [6.07, 6.45) is 3.53. The van der Waals surface area contributed by atoms with Crippen molar-refractivity contribution in [2.45, 2.75) is 37.4 Å². The van der Waals surface area contributed by atoms with Gasteiger partial charge in [0.1, 0.15) is 11.0 Å². The Morgan fingerprint density at radius 1 is 1.41 bits per heavy atom. The van der Waals surface area contributed by atoms with Crippen LogP contribution in [0.2, 0.25) is 5.15 Å². The van der Waals surface area contributed by atoms with E-state index in [-0.39, 0.29) is 12.1 Å². The van der Waals surface area contributed by atoms with Crippen LogP contribution in [0.15, 0.2) is 11.2 Å². The Balaban J connectivity index is 2.96. The second-order valence-electron chi connectivity index (χ2n) is 3.83. The molecule has 0 saturated heterocycles. The van der Waals surface area contributed by atoms with E-state index >= 15 is 0 Å². The zero-order valence-electron chi connectivity index (χ0n) is 10.3. The first-order valence-electron chi connectivity index (χ1n) is 5.56. The van der Waals surface area contributed by atoms with Crippen LogP contribution in [0.1, 0.15) is 26.7 Å². The van der Waals surface area contributed by atoms with Crippen LogP contribution in [0.5, 0.6) is 0 Å². The molecule has 2 N–H and O–H groups in total. The van der Waals surface area contributed by atoms with E-state index in [4.69, 9.17) is 11.6 Å². The third-order valence-corrected chi connectivity index (χ3v) is 3.65. The Kier molecular flexibility index (Phi) is 5.49. The molecule has 17 heavy (non-hydrogen) atoms. The molecule has 0 aliphatic carbocycles. The highest BCUT2D eigenvalue weighted by Gasteiger charge is 2.25. The minimum absolute atomic E-state index is 0.0657. The fraction of sp³-hybridized carbons (Fsp3) is 0.636. The van der Waals surface area contributed by atoms with Crippen molar-refractivity contribution in [2.24, 2.45) is 0 Å². The third kappa shape index (κ3) is 3.72. The van der Waals surface area contributed by atoms with Crippen LogP contribution >= 0.6 is 23.4 Å². The van der Waals surface area contributed by atoms with Crippen molar-refractivity contribution in [1.29, 1.82) is 0 Å². The second kappa shape index (κ2) is 6.42. The summed E-state index contributed by atoms with van der Waals surface area (Å²) >= 11 is 7.36. The van der Waals surface area contributed by atoms with E-state index in [1.54, 1.807) is 6.07 Å². The Bertz CT molecular complexity index is 363. The standard InChI is InChI=1S/C11H18ClN3OS/c1-4-11(5-2,7-16)15-9-6-8(12)13-10(14-9)17-3/h6,16H,4-5,7H2,1-3H3,(H,13,14,15). The summed E-state index contributed by atoms with van der Waals surface area (Å²) in [6, 6.07) is 1.68. The lowest BCUT2D eigenvalue weighted by Crippen LogP contribution is -2.41. The number of rotatable bonds is 6. The van der Waals surface area contributed by atoms with E-state index < -0.39 is 0 Å². The van der Waals surface area contributed by atoms with Gasteiger partial charge in [-0.25, -0.2) is 9.97 Å². The minimum atomic E-state index is -0.340. The lowest BCUT2D eigenvalue weighted by atomic mass is 9.94. The highest BCUT2D eigenvalue weighted by molar-refractivity contribution is 7.98. The second-order valence-corrected chi connectivity index (χ2v) is 4.99. The van der Waals surface area contributed by atoms with Gasteiger partial charge in [-0.05, 0) is 19.1 Å². The summed E-state index contributed by atoms with van der Waals surface area (Å²) in [7, 11) is 0. The number of aliphatic hydroxyl groups excluding tert-OH is 1. The smallest absolute Gasteiger partial charge is 0.190 e. The molecule has 0 aromatic carbocycles. The highest BCUT2D eigenvalue weighted by atomic mass is 35.5. The van der Waals surface area contributed by atoms with Crippen LogP contribution in [0.25, 0.3) is 0 Å². The van der Waals surface area contributed by atoms with Crippen LogP contribution in [0.4, 0.5) is 5.82 Å². The predicted octanol–water partition coefficient (Wildman–Crippen LogP) is 2.81. The molecule has 0 saturated carbocycles. The minimum Gasteiger partial charge on any atom is -0.394 e. The highest BCUT2D eigenvalue weighted by Crippen LogP contribution is 2.23. The van der Waals surface area contributed by atoms with Crippen molar-refractivity contribution < 1.29 is 5.11 Å². The number of aliphatic hydroxyl groups is 1. The predicted molar refractivity (Wildman–Crippen MR) is 72.8 cm³/mol. The molecule has 0 radical (unpaired) electrons. The van der Waals surface area contributed by atoms with Gasteiger partial charge in [0.25, 0.3) is 0 Å². The molecule has 1 heterocycles. The monoisotopic (exact) mass is 275 g/mol. The van der Waals surface area contributed by atoms with Gasteiger partial charge in [0.15, 0.2) is 5.16 Å². The van der Waals surface area contributed by atoms with Gasteiger partial charge in [0, 0.05) is 6.07 Å². The quantitative estimate of drug-likeness (QED) is 0.475. The van der Waals surface area contributed by atoms with Gasteiger partial charge in [-0.15, -0.1) is 0 Å². The Hall–Kier alpha value is -0.520. The molecule has 0 aliphatic rings. The fourth-order valence-electron chi connectivity index (χ4n) is 1.51. The summed E-state index contributed by atoms with van der Waals surface area (Å²) in [5.74, 6) is 0.659. The maximum Gasteiger partial charge on any atom is 0.190 e. The van der Waals surface area contributed by atoms with Gasteiger partial charge in [-0.3, -0.25) is 0 Å². The molecule has 1 rings (SSSR count). The molecular weight excluding hydrogens is 258 g/mol. The molecule has 1 aromatic rings. The Morgan fingerprint density at radius 3 is 2.53 bits per heavy atom. The van der Waals surface area contributed by atoms with Crippen molar-refractivity contribution in [2.75, 3.05) is 18.2 Å². The van der Waals surface area contributed by atoms with E-state index in [1.807, 2.05) is 20.1 Å². The summed E-state index contributed by atoms with van der Waals surface area (Å²) < 4.78 is 0. The van der Waals surface area contributed by atoms with Crippen molar-refractivity contribution in [1.82, 2.24) is 9.97 Å². The van der Waals surface area contributed by atoms with Gasteiger partial charge in [-0.2, -0.15) is 0 Å². The normalized spacial score (nSPS) is 11.6. The van der Waals surface area contributed by atoms with E-state index in [1.165, 1.54) is 11.8 Å². The van der Waals surface area contributed by atoms with Crippen molar-refractivity contribution in [3.05, 3.63) is 11.2 Å². The lowest BCUT2D eigenvalue weighted by molar-refractivity contribution is 0.202. The van der Waals surface area contributed by atoms with Crippen molar-refractivity contribution in [3.63, 3.8) is 0 Å². The van der Waals surface area contributed by atoms with Crippen molar-refractivity contribution in [3.8, 4) is 0 Å². The average molecular weight is 276 g/mol. The molecule has 1 aromatic heterocycles. The molecule has 0 aliphatic heterocycles. The zero-order chi connectivity index (χ0) is 12.9. The molecule has 0 amide bonds. The number of aromatic nitrogens is 2. The number of hydrogen-bond donors (Lipinski definition) is 2. The third-order valence-electron chi connectivity index (χ3n) is 2.91. The molecule has 0 fully saturated rings. The largest absolute Gasteiger partial charge is 0.394 e. The molecule has 6 heteroatoms. The first-order chi connectivity index (χ1) is 8.09. The molecule has 0 atom stereocenters. The van der Waals surface area contributed by atoms with Gasteiger partial charge >= 0.3 is 0 Å². The summed E-state index contributed by atoms with van der Waals surface area (Å²) in [6.45, 7) is 4.13. The van der Waals surface area contributed by atoms with Crippen molar-refractivity contribution >= 4 is 29.2 Å². The van der Waals surface area contributed by atoms with Crippen LogP contribution in [0, 0.1) is 0 Å². The SMILES string of the molecule is CCC(CC)(CO)Nc1cc(Cl)nc(SC)n1. The number of nitrogens with one attached hydrogen (secondary N) is 1. The Morgan fingerprint density at radius 2 is 2.06 bits per heavy atom. The van der Waals surface area contributed by atoms with Gasteiger partial charge in [-0.1, -0.05) is 37.2 Å². The average Bonchev–Trinajstić information content (AvgIpc) is 2.35. The molecule has 0 unspecified atom stereocenters. The van der Waals surface area contributed by atoms with E-state index in [2.05, 4.69) is 15.3 Å². The lowest BCUT2D eigenvalue weighted by Gasteiger charge is -2.31. The maximum absolute atomic E-state index is 9.49. The number of anilines is 1. The molecule has 96 valence electrons.